The van der Waals surface area contributed by atoms with Gasteiger partial charge in [-0.2, -0.15) is 0 Å². The highest BCUT2D eigenvalue weighted by atomic mass is 16.5. The SMILES string of the molecule is C=CCOc1ccc(-c2cnc(-c3ccc(C=CCCCC(C)O)cc3)nc2)cc1. The molecular formula is C26H28N2O2. The summed E-state index contributed by atoms with van der Waals surface area (Å²) in [5, 5.41) is 9.28. The minimum atomic E-state index is -0.222. The Kier molecular flexibility index (Phi) is 7.93. The van der Waals surface area contributed by atoms with Crippen molar-refractivity contribution in [1.82, 2.24) is 9.97 Å². The van der Waals surface area contributed by atoms with Gasteiger partial charge in [0, 0.05) is 23.5 Å². The number of benzene rings is 2. The van der Waals surface area contributed by atoms with E-state index in [1.807, 2.05) is 55.7 Å². The Bertz CT molecular complexity index is 944. The Morgan fingerprint density at radius 1 is 0.967 bits per heavy atom. The molecule has 0 bridgehead atoms. The van der Waals surface area contributed by atoms with Crippen molar-refractivity contribution in [3.8, 4) is 28.3 Å². The molecular weight excluding hydrogens is 372 g/mol. The molecule has 154 valence electrons. The first-order valence-corrected chi connectivity index (χ1v) is 10.3. The molecule has 1 unspecified atom stereocenters. The average molecular weight is 401 g/mol. The van der Waals surface area contributed by atoms with E-state index in [1.165, 1.54) is 0 Å². The molecule has 0 saturated heterocycles. The van der Waals surface area contributed by atoms with E-state index in [9.17, 15) is 5.11 Å². The quantitative estimate of drug-likeness (QED) is 0.338. The minimum absolute atomic E-state index is 0.222. The van der Waals surface area contributed by atoms with Crippen molar-refractivity contribution in [2.75, 3.05) is 6.61 Å². The van der Waals surface area contributed by atoms with Gasteiger partial charge in [-0.3, -0.25) is 0 Å². The highest BCUT2D eigenvalue weighted by molar-refractivity contribution is 5.65. The lowest BCUT2D eigenvalue weighted by Crippen LogP contribution is -1.97. The van der Waals surface area contributed by atoms with Crippen LogP contribution in [0.1, 0.15) is 31.7 Å². The standard InChI is InChI=1S/C26H28N2O2/c1-3-17-30-25-15-13-22(14-16-25)24-18-27-26(28-19-24)23-11-9-21(10-12-23)8-6-4-5-7-20(2)29/h3,6,8-16,18-20,29H,1,4-5,7,17H2,2H3. The first-order valence-electron chi connectivity index (χ1n) is 10.3. The van der Waals surface area contributed by atoms with Crippen molar-refractivity contribution in [2.24, 2.45) is 0 Å². The van der Waals surface area contributed by atoms with Crippen LogP contribution in [0.15, 0.2) is 79.7 Å². The van der Waals surface area contributed by atoms with Gasteiger partial charge in [-0.05, 0) is 49.4 Å². The van der Waals surface area contributed by atoms with Gasteiger partial charge >= 0.3 is 0 Å². The molecule has 1 heterocycles. The van der Waals surface area contributed by atoms with Crippen LogP contribution in [0.4, 0.5) is 0 Å². The number of aliphatic hydroxyl groups is 1. The number of hydrogen-bond acceptors (Lipinski definition) is 4. The highest BCUT2D eigenvalue weighted by Crippen LogP contribution is 2.23. The van der Waals surface area contributed by atoms with Crippen LogP contribution in [-0.4, -0.2) is 27.8 Å². The summed E-state index contributed by atoms with van der Waals surface area (Å²) >= 11 is 0. The van der Waals surface area contributed by atoms with Crippen LogP contribution >= 0.6 is 0 Å². The molecule has 0 aliphatic heterocycles. The molecule has 0 spiro atoms. The van der Waals surface area contributed by atoms with E-state index < -0.39 is 0 Å². The fourth-order valence-electron chi connectivity index (χ4n) is 3.02. The third kappa shape index (κ3) is 6.39. The maximum absolute atomic E-state index is 9.28. The third-order valence-corrected chi connectivity index (χ3v) is 4.68. The Balaban J connectivity index is 1.60. The van der Waals surface area contributed by atoms with E-state index in [0.29, 0.717) is 12.4 Å². The predicted molar refractivity (Wildman–Crippen MR) is 123 cm³/mol. The summed E-state index contributed by atoms with van der Waals surface area (Å²) in [6, 6.07) is 16.1. The highest BCUT2D eigenvalue weighted by Gasteiger charge is 2.04. The lowest BCUT2D eigenvalue weighted by molar-refractivity contribution is 0.182. The van der Waals surface area contributed by atoms with Crippen LogP contribution in [0.2, 0.25) is 0 Å². The van der Waals surface area contributed by atoms with E-state index >= 15 is 0 Å². The van der Waals surface area contributed by atoms with Gasteiger partial charge in [-0.1, -0.05) is 61.2 Å². The van der Waals surface area contributed by atoms with E-state index in [-0.39, 0.29) is 6.10 Å². The molecule has 4 nitrogen and oxygen atoms in total. The number of nitrogens with zero attached hydrogens (tertiary/aromatic N) is 2. The van der Waals surface area contributed by atoms with Gasteiger partial charge < -0.3 is 9.84 Å². The molecule has 0 aliphatic carbocycles. The van der Waals surface area contributed by atoms with Crippen LogP contribution in [0.25, 0.3) is 28.6 Å². The van der Waals surface area contributed by atoms with Crippen molar-refractivity contribution in [3.63, 3.8) is 0 Å². The Labute approximate surface area is 178 Å². The molecule has 1 aromatic heterocycles. The summed E-state index contributed by atoms with van der Waals surface area (Å²) in [6.45, 7) is 5.97. The second-order valence-electron chi connectivity index (χ2n) is 7.22. The number of aliphatic hydroxyl groups excluding tert-OH is 1. The molecule has 0 fully saturated rings. The van der Waals surface area contributed by atoms with Gasteiger partial charge in [0.05, 0.1) is 6.10 Å². The van der Waals surface area contributed by atoms with Crippen LogP contribution < -0.4 is 4.74 Å². The largest absolute Gasteiger partial charge is 0.490 e. The molecule has 0 aliphatic rings. The zero-order chi connectivity index (χ0) is 21.2. The molecule has 3 rings (SSSR count). The lowest BCUT2D eigenvalue weighted by atomic mass is 10.1. The third-order valence-electron chi connectivity index (χ3n) is 4.68. The predicted octanol–water partition coefficient (Wildman–Crippen LogP) is 5.94. The molecule has 2 aromatic carbocycles. The Hall–Kier alpha value is -3.24. The molecule has 1 atom stereocenters. The molecule has 0 radical (unpaired) electrons. The number of unbranched alkanes of at least 4 members (excludes halogenated alkanes) is 1. The number of hydrogen-bond donors (Lipinski definition) is 1. The van der Waals surface area contributed by atoms with E-state index in [0.717, 1.165) is 47.3 Å². The average Bonchev–Trinajstić information content (AvgIpc) is 2.78. The van der Waals surface area contributed by atoms with Crippen molar-refractivity contribution < 1.29 is 9.84 Å². The van der Waals surface area contributed by atoms with Crippen molar-refractivity contribution in [1.29, 1.82) is 0 Å². The van der Waals surface area contributed by atoms with Crippen molar-refractivity contribution in [3.05, 3.63) is 85.2 Å². The van der Waals surface area contributed by atoms with Crippen molar-refractivity contribution in [2.45, 2.75) is 32.3 Å². The topological polar surface area (TPSA) is 55.2 Å². The summed E-state index contributed by atoms with van der Waals surface area (Å²) in [6.07, 6.45) is 12.3. The first kappa shape index (κ1) is 21.5. The Morgan fingerprint density at radius 2 is 1.63 bits per heavy atom. The van der Waals surface area contributed by atoms with Gasteiger partial charge in [0.2, 0.25) is 0 Å². The molecule has 4 heteroatoms. The Morgan fingerprint density at radius 3 is 2.27 bits per heavy atom. The molecule has 1 N–H and O–H groups in total. The van der Waals surface area contributed by atoms with Crippen molar-refractivity contribution >= 4 is 6.08 Å². The van der Waals surface area contributed by atoms with Crippen LogP contribution in [0.5, 0.6) is 5.75 Å². The molecule has 0 amide bonds. The number of allylic oxidation sites excluding steroid dienone is 1. The van der Waals surface area contributed by atoms with Crippen LogP contribution in [0, 0.1) is 0 Å². The number of aromatic nitrogens is 2. The maximum Gasteiger partial charge on any atom is 0.159 e. The zero-order valence-corrected chi connectivity index (χ0v) is 17.4. The second kappa shape index (κ2) is 11.1. The summed E-state index contributed by atoms with van der Waals surface area (Å²) in [7, 11) is 0. The number of ether oxygens (including phenoxy) is 1. The van der Waals surface area contributed by atoms with Gasteiger partial charge in [0.1, 0.15) is 12.4 Å². The van der Waals surface area contributed by atoms with Gasteiger partial charge in [0.25, 0.3) is 0 Å². The molecule has 0 saturated carbocycles. The summed E-state index contributed by atoms with van der Waals surface area (Å²) in [5.74, 6) is 1.52. The fourth-order valence-corrected chi connectivity index (χ4v) is 3.02. The monoisotopic (exact) mass is 400 g/mol. The second-order valence-corrected chi connectivity index (χ2v) is 7.22. The smallest absolute Gasteiger partial charge is 0.159 e. The summed E-state index contributed by atoms with van der Waals surface area (Å²) in [4.78, 5) is 9.07. The van der Waals surface area contributed by atoms with Gasteiger partial charge in [0.15, 0.2) is 5.82 Å². The summed E-state index contributed by atoms with van der Waals surface area (Å²) in [5.41, 5.74) is 4.14. The minimum Gasteiger partial charge on any atom is -0.490 e. The fraction of sp³-hybridized carbons (Fsp3) is 0.231. The van der Waals surface area contributed by atoms with Crippen LogP contribution in [-0.2, 0) is 0 Å². The molecule has 30 heavy (non-hydrogen) atoms. The maximum atomic E-state index is 9.28. The molecule has 3 aromatic rings. The van der Waals surface area contributed by atoms with E-state index in [1.54, 1.807) is 6.08 Å². The van der Waals surface area contributed by atoms with Crippen LogP contribution in [0.3, 0.4) is 0 Å². The zero-order valence-electron chi connectivity index (χ0n) is 17.4. The van der Waals surface area contributed by atoms with Gasteiger partial charge in [-0.15, -0.1) is 0 Å². The first-order chi connectivity index (χ1) is 14.7. The number of rotatable bonds is 10. The van der Waals surface area contributed by atoms with Gasteiger partial charge in [-0.25, -0.2) is 9.97 Å². The summed E-state index contributed by atoms with van der Waals surface area (Å²) < 4.78 is 5.51. The lowest BCUT2D eigenvalue weighted by Gasteiger charge is -2.06. The van der Waals surface area contributed by atoms with E-state index in [4.69, 9.17) is 4.74 Å². The van der Waals surface area contributed by atoms with E-state index in [2.05, 4.69) is 40.8 Å². The normalized spacial score (nSPS) is 12.1.